The first kappa shape index (κ1) is 13.9. The Bertz CT molecular complexity index is 456. The molecular weight excluding hydrogens is 242 g/mol. The topological polar surface area (TPSA) is 67.4 Å². The molecule has 1 aromatic rings. The maximum Gasteiger partial charge on any atom is 0.259 e. The molecule has 106 valence electrons. The van der Waals surface area contributed by atoms with Gasteiger partial charge in [0.05, 0.1) is 6.20 Å². The van der Waals surface area contributed by atoms with E-state index in [-0.39, 0.29) is 5.91 Å². The normalized spacial score (nSPS) is 19.8. The van der Waals surface area contributed by atoms with Gasteiger partial charge in [-0.05, 0) is 25.9 Å². The second-order valence-electron chi connectivity index (χ2n) is 5.18. The molecule has 1 aliphatic heterocycles. The number of carbonyl (C=O) groups excluding carboxylic acids is 1. The number of anilines is 1. The number of hydrogen-bond donors (Lipinski definition) is 1. The number of rotatable bonds is 4. The summed E-state index contributed by atoms with van der Waals surface area (Å²) in [5, 5.41) is 4.02. The average Bonchev–Trinajstić information content (AvgIpc) is 2.97. The largest absolute Gasteiger partial charge is 0.383 e. The Hall–Kier alpha value is -1.56. The van der Waals surface area contributed by atoms with Crippen LogP contribution in [0.3, 0.4) is 0 Å². The van der Waals surface area contributed by atoms with E-state index in [1.54, 1.807) is 18.1 Å². The number of amides is 1. The molecule has 1 aliphatic rings. The number of aryl methyl sites for hydroxylation is 1. The average molecular weight is 265 g/mol. The minimum atomic E-state index is -0.0476. The van der Waals surface area contributed by atoms with Crippen LogP contribution in [0.5, 0.6) is 0 Å². The van der Waals surface area contributed by atoms with Gasteiger partial charge in [-0.15, -0.1) is 0 Å². The predicted molar refractivity (Wildman–Crippen MR) is 74.8 cm³/mol. The Morgan fingerprint density at radius 2 is 2.37 bits per heavy atom. The first-order valence-corrected chi connectivity index (χ1v) is 6.81. The number of nitrogen functional groups attached to an aromatic ring is 1. The van der Waals surface area contributed by atoms with Gasteiger partial charge >= 0.3 is 0 Å². The highest BCUT2D eigenvalue weighted by molar-refractivity contribution is 5.98. The molecule has 1 fully saturated rings. The van der Waals surface area contributed by atoms with Crippen LogP contribution in [0.25, 0.3) is 0 Å². The summed E-state index contributed by atoms with van der Waals surface area (Å²) >= 11 is 0. The number of likely N-dealkylation sites (N-methyl/N-ethyl adjacent to an activating group) is 2. The molecule has 0 aromatic carbocycles. The van der Waals surface area contributed by atoms with Crippen molar-refractivity contribution in [1.29, 1.82) is 0 Å². The molecule has 1 saturated heterocycles. The van der Waals surface area contributed by atoms with Crippen molar-refractivity contribution in [2.45, 2.75) is 25.8 Å². The third-order valence-corrected chi connectivity index (χ3v) is 3.95. The van der Waals surface area contributed by atoms with E-state index >= 15 is 0 Å². The Balaban J connectivity index is 2.01. The van der Waals surface area contributed by atoms with Crippen molar-refractivity contribution in [2.24, 2.45) is 7.05 Å². The molecule has 1 unspecified atom stereocenters. The molecule has 2 N–H and O–H groups in total. The fourth-order valence-corrected chi connectivity index (χ4v) is 2.73. The molecule has 0 spiro atoms. The van der Waals surface area contributed by atoms with Crippen molar-refractivity contribution in [2.75, 3.05) is 32.4 Å². The fourth-order valence-electron chi connectivity index (χ4n) is 2.73. The lowest BCUT2D eigenvalue weighted by Gasteiger charge is -2.27. The maximum absolute atomic E-state index is 12.3. The standard InChI is InChI=1S/C13H23N5O/c1-4-18-7-5-6-10(18)9-16(2)13(19)11-8-15-17(3)12(11)14/h8,10H,4-7,9,14H2,1-3H3. The quantitative estimate of drug-likeness (QED) is 0.863. The Kier molecular flexibility index (Phi) is 4.09. The van der Waals surface area contributed by atoms with E-state index in [9.17, 15) is 4.79 Å². The molecule has 0 radical (unpaired) electrons. The van der Waals surface area contributed by atoms with Gasteiger partial charge in [0, 0.05) is 26.7 Å². The Labute approximate surface area is 114 Å². The lowest BCUT2D eigenvalue weighted by atomic mass is 10.2. The van der Waals surface area contributed by atoms with Crippen molar-refractivity contribution in [3.05, 3.63) is 11.8 Å². The van der Waals surface area contributed by atoms with E-state index in [1.165, 1.54) is 11.1 Å². The molecule has 1 amide bonds. The monoisotopic (exact) mass is 265 g/mol. The SMILES string of the molecule is CCN1CCCC1CN(C)C(=O)c1cnn(C)c1N. The molecular formula is C13H23N5O. The van der Waals surface area contributed by atoms with Crippen molar-refractivity contribution < 1.29 is 4.79 Å². The van der Waals surface area contributed by atoms with E-state index in [4.69, 9.17) is 5.73 Å². The molecule has 19 heavy (non-hydrogen) atoms. The van der Waals surface area contributed by atoms with Crippen LogP contribution in [-0.4, -0.2) is 58.2 Å². The molecule has 2 heterocycles. The number of nitrogens with two attached hydrogens (primary N) is 1. The lowest BCUT2D eigenvalue weighted by Crippen LogP contribution is -2.41. The van der Waals surface area contributed by atoms with Crippen LogP contribution in [0.15, 0.2) is 6.20 Å². The lowest BCUT2D eigenvalue weighted by molar-refractivity contribution is 0.0755. The highest BCUT2D eigenvalue weighted by Crippen LogP contribution is 2.19. The van der Waals surface area contributed by atoms with Crippen LogP contribution < -0.4 is 5.73 Å². The van der Waals surface area contributed by atoms with Crippen LogP contribution in [-0.2, 0) is 7.05 Å². The van der Waals surface area contributed by atoms with Crippen molar-refractivity contribution in [3.63, 3.8) is 0 Å². The molecule has 6 heteroatoms. The van der Waals surface area contributed by atoms with Gasteiger partial charge in [0.15, 0.2) is 0 Å². The summed E-state index contributed by atoms with van der Waals surface area (Å²) in [6, 6.07) is 0.469. The van der Waals surface area contributed by atoms with Crippen LogP contribution in [0.1, 0.15) is 30.1 Å². The van der Waals surface area contributed by atoms with Gasteiger partial charge in [-0.2, -0.15) is 5.10 Å². The van der Waals surface area contributed by atoms with Crippen LogP contribution >= 0.6 is 0 Å². The summed E-state index contributed by atoms with van der Waals surface area (Å²) in [7, 11) is 3.57. The van der Waals surface area contributed by atoms with Gasteiger partial charge in [-0.1, -0.05) is 6.92 Å². The molecule has 2 rings (SSSR count). The first-order valence-electron chi connectivity index (χ1n) is 6.81. The van der Waals surface area contributed by atoms with E-state index in [1.807, 2.05) is 7.05 Å². The molecule has 6 nitrogen and oxygen atoms in total. The summed E-state index contributed by atoms with van der Waals surface area (Å²) in [5.74, 6) is 0.379. The molecule has 0 bridgehead atoms. The zero-order valence-electron chi connectivity index (χ0n) is 12.0. The summed E-state index contributed by atoms with van der Waals surface area (Å²) in [5.41, 5.74) is 6.34. The molecule has 1 aromatic heterocycles. The summed E-state index contributed by atoms with van der Waals surface area (Å²) < 4.78 is 1.52. The Morgan fingerprint density at radius 1 is 1.63 bits per heavy atom. The first-order chi connectivity index (χ1) is 9.04. The van der Waals surface area contributed by atoms with Crippen molar-refractivity contribution >= 4 is 11.7 Å². The number of aromatic nitrogens is 2. The predicted octanol–water partition coefficient (Wildman–Crippen LogP) is 0.559. The fraction of sp³-hybridized carbons (Fsp3) is 0.692. The summed E-state index contributed by atoms with van der Waals surface area (Å²) in [6.07, 6.45) is 3.92. The highest BCUT2D eigenvalue weighted by Gasteiger charge is 2.27. The smallest absolute Gasteiger partial charge is 0.259 e. The van der Waals surface area contributed by atoms with Gasteiger partial charge in [-0.25, -0.2) is 0 Å². The van der Waals surface area contributed by atoms with Gasteiger partial charge in [0.2, 0.25) is 0 Å². The number of likely N-dealkylation sites (tertiary alicyclic amines) is 1. The van der Waals surface area contributed by atoms with E-state index in [0.717, 1.165) is 26.1 Å². The van der Waals surface area contributed by atoms with Crippen molar-refractivity contribution in [3.8, 4) is 0 Å². The second kappa shape index (κ2) is 5.61. The minimum absolute atomic E-state index is 0.0476. The molecule has 1 atom stereocenters. The second-order valence-corrected chi connectivity index (χ2v) is 5.18. The van der Waals surface area contributed by atoms with Gasteiger partial charge in [0.25, 0.3) is 5.91 Å². The van der Waals surface area contributed by atoms with E-state index < -0.39 is 0 Å². The third-order valence-electron chi connectivity index (χ3n) is 3.95. The van der Waals surface area contributed by atoms with E-state index in [2.05, 4.69) is 16.9 Å². The van der Waals surface area contributed by atoms with Crippen LogP contribution in [0, 0.1) is 0 Å². The minimum Gasteiger partial charge on any atom is -0.383 e. The van der Waals surface area contributed by atoms with Crippen LogP contribution in [0.2, 0.25) is 0 Å². The van der Waals surface area contributed by atoms with Crippen LogP contribution in [0.4, 0.5) is 5.82 Å². The number of carbonyl (C=O) groups is 1. The van der Waals surface area contributed by atoms with Gasteiger partial charge in [0.1, 0.15) is 11.4 Å². The molecule has 0 saturated carbocycles. The zero-order valence-corrected chi connectivity index (χ0v) is 12.0. The summed E-state index contributed by atoms with van der Waals surface area (Å²) in [6.45, 7) is 5.10. The van der Waals surface area contributed by atoms with Crippen molar-refractivity contribution in [1.82, 2.24) is 19.6 Å². The summed E-state index contributed by atoms with van der Waals surface area (Å²) in [4.78, 5) is 16.5. The number of nitrogens with zero attached hydrogens (tertiary/aromatic N) is 4. The van der Waals surface area contributed by atoms with Gasteiger partial charge < -0.3 is 10.6 Å². The van der Waals surface area contributed by atoms with E-state index in [0.29, 0.717) is 17.4 Å². The maximum atomic E-state index is 12.3. The zero-order chi connectivity index (χ0) is 14.0. The molecule has 0 aliphatic carbocycles. The highest BCUT2D eigenvalue weighted by atomic mass is 16.2. The number of hydrogen-bond acceptors (Lipinski definition) is 4. The third kappa shape index (κ3) is 2.73. The Morgan fingerprint density at radius 3 is 2.95 bits per heavy atom. The van der Waals surface area contributed by atoms with Gasteiger partial charge in [-0.3, -0.25) is 14.4 Å².